The molecule has 140 valence electrons. The minimum atomic E-state index is -0.264. The van der Waals surface area contributed by atoms with Gasteiger partial charge in [-0.15, -0.1) is 0 Å². The number of carbonyl (C=O) groups is 2. The Morgan fingerprint density at radius 3 is 2.41 bits per heavy atom. The number of hydrogen-bond acceptors (Lipinski definition) is 4. The van der Waals surface area contributed by atoms with Gasteiger partial charge in [0.1, 0.15) is 12.0 Å². The second-order valence-corrected chi connectivity index (χ2v) is 7.96. The van der Waals surface area contributed by atoms with Gasteiger partial charge in [-0.2, -0.15) is 0 Å². The molecular weight excluding hydrogens is 340 g/mol. The molecule has 0 saturated heterocycles. The van der Waals surface area contributed by atoms with Crippen LogP contribution in [0.5, 0.6) is 0 Å². The van der Waals surface area contributed by atoms with Gasteiger partial charge < -0.3 is 10.6 Å². The van der Waals surface area contributed by atoms with Crippen LogP contribution in [-0.4, -0.2) is 32.9 Å². The van der Waals surface area contributed by atoms with Gasteiger partial charge >= 0.3 is 0 Å². The highest BCUT2D eigenvalue weighted by atomic mass is 16.2. The number of carbonyl (C=O) groups excluding carboxylic acids is 2. The van der Waals surface area contributed by atoms with Crippen LogP contribution < -0.4 is 10.6 Å². The van der Waals surface area contributed by atoms with Gasteiger partial charge in [-0.3, -0.25) is 9.59 Å². The van der Waals surface area contributed by atoms with Gasteiger partial charge in [0, 0.05) is 22.8 Å². The van der Waals surface area contributed by atoms with Crippen molar-refractivity contribution >= 4 is 11.8 Å². The van der Waals surface area contributed by atoms with E-state index < -0.39 is 0 Å². The molecule has 6 nitrogen and oxygen atoms in total. The molecule has 0 spiro atoms. The lowest BCUT2D eigenvalue weighted by molar-refractivity contribution is 0.0829. The summed E-state index contributed by atoms with van der Waals surface area (Å²) in [7, 11) is 0. The Balaban J connectivity index is 1.48. The molecule has 2 amide bonds. The summed E-state index contributed by atoms with van der Waals surface area (Å²) < 4.78 is 0. The Labute approximate surface area is 158 Å². The predicted molar refractivity (Wildman–Crippen MR) is 101 cm³/mol. The number of aromatic nitrogens is 2. The van der Waals surface area contributed by atoms with Crippen molar-refractivity contribution in [1.29, 1.82) is 0 Å². The second kappa shape index (κ2) is 6.76. The minimum absolute atomic E-state index is 0.0291. The molecule has 4 rings (SSSR count). The first-order chi connectivity index (χ1) is 13.0. The van der Waals surface area contributed by atoms with Crippen LogP contribution in [0.4, 0.5) is 0 Å². The van der Waals surface area contributed by atoms with E-state index in [0.29, 0.717) is 11.3 Å². The second-order valence-electron chi connectivity index (χ2n) is 7.96. The van der Waals surface area contributed by atoms with Crippen LogP contribution >= 0.6 is 0 Å². The van der Waals surface area contributed by atoms with E-state index in [1.54, 1.807) is 12.3 Å². The van der Waals surface area contributed by atoms with Gasteiger partial charge in [0.25, 0.3) is 11.8 Å². The van der Waals surface area contributed by atoms with Gasteiger partial charge in [-0.1, -0.05) is 17.7 Å². The maximum atomic E-state index is 12.8. The summed E-state index contributed by atoms with van der Waals surface area (Å²) in [6.07, 6.45) is 8.36. The molecule has 0 aliphatic heterocycles. The molecule has 2 aliphatic carbocycles. The van der Waals surface area contributed by atoms with Crippen LogP contribution in [0.3, 0.4) is 0 Å². The normalized spacial score (nSPS) is 26.4. The molecule has 1 aromatic heterocycles. The monoisotopic (exact) mass is 364 g/mol. The zero-order valence-electron chi connectivity index (χ0n) is 15.5. The van der Waals surface area contributed by atoms with Gasteiger partial charge in [-0.25, -0.2) is 9.97 Å². The topological polar surface area (TPSA) is 84.0 Å². The predicted octanol–water partition coefficient (Wildman–Crippen LogP) is 2.79. The number of rotatable bonds is 4. The van der Waals surface area contributed by atoms with Gasteiger partial charge in [0.05, 0.1) is 0 Å². The fraction of sp³-hybridized carbons (Fsp3) is 0.429. The third kappa shape index (κ3) is 3.56. The average molecular weight is 364 g/mol. The number of aryl methyl sites for hydroxylation is 1. The Morgan fingerprint density at radius 2 is 1.74 bits per heavy atom. The standard InChI is InChI=1S/C21H24N4O2/c1-15-4-2-5-16(12-15)18(26)24-20-7-3-8-21(13-20,10-9-20)25-19(27)17-6-11-22-14-23-17/h2,4-6,11-12,14H,3,7-10,13H2,1H3,(H,24,26)(H,25,27). The van der Waals surface area contributed by atoms with E-state index in [0.717, 1.165) is 44.1 Å². The van der Waals surface area contributed by atoms with Crippen molar-refractivity contribution in [3.8, 4) is 0 Å². The number of benzene rings is 1. The summed E-state index contributed by atoms with van der Waals surface area (Å²) in [4.78, 5) is 33.3. The highest BCUT2D eigenvalue weighted by Crippen LogP contribution is 2.48. The van der Waals surface area contributed by atoms with E-state index in [2.05, 4.69) is 20.6 Å². The van der Waals surface area contributed by atoms with Crippen molar-refractivity contribution in [2.24, 2.45) is 0 Å². The third-order valence-electron chi connectivity index (χ3n) is 5.92. The molecule has 2 aliphatic rings. The van der Waals surface area contributed by atoms with E-state index in [4.69, 9.17) is 0 Å². The number of hydrogen-bond donors (Lipinski definition) is 2. The van der Waals surface area contributed by atoms with E-state index >= 15 is 0 Å². The Hall–Kier alpha value is -2.76. The summed E-state index contributed by atoms with van der Waals surface area (Å²) in [6.45, 7) is 1.99. The smallest absolute Gasteiger partial charge is 0.270 e. The molecule has 2 fully saturated rings. The molecule has 2 N–H and O–H groups in total. The fourth-order valence-corrected chi connectivity index (χ4v) is 4.66. The summed E-state index contributed by atoms with van der Waals surface area (Å²) >= 11 is 0. The minimum Gasteiger partial charge on any atom is -0.347 e. The average Bonchev–Trinajstić information content (AvgIpc) is 2.92. The number of fused-ring (bicyclic) bond motifs is 2. The van der Waals surface area contributed by atoms with Crippen LogP contribution in [0.2, 0.25) is 0 Å². The van der Waals surface area contributed by atoms with Gasteiger partial charge in [-0.05, 0) is 63.6 Å². The molecular formula is C21H24N4O2. The number of nitrogens with zero attached hydrogens (tertiary/aromatic N) is 2. The molecule has 0 radical (unpaired) electrons. The zero-order valence-corrected chi connectivity index (χ0v) is 15.5. The van der Waals surface area contributed by atoms with Crippen LogP contribution in [0, 0.1) is 6.92 Å². The molecule has 6 heteroatoms. The Kier molecular flexibility index (Phi) is 4.42. The van der Waals surface area contributed by atoms with E-state index in [-0.39, 0.29) is 22.9 Å². The van der Waals surface area contributed by atoms with Crippen LogP contribution in [-0.2, 0) is 0 Å². The van der Waals surface area contributed by atoms with Gasteiger partial charge in [0.2, 0.25) is 0 Å². The molecule has 2 bridgehead atoms. The molecule has 27 heavy (non-hydrogen) atoms. The summed E-state index contributed by atoms with van der Waals surface area (Å²) in [5, 5.41) is 6.50. The number of nitrogens with one attached hydrogen (secondary N) is 2. The third-order valence-corrected chi connectivity index (χ3v) is 5.92. The summed E-state index contributed by atoms with van der Waals surface area (Å²) in [6, 6.07) is 9.27. The highest BCUT2D eigenvalue weighted by molar-refractivity contribution is 5.95. The maximum absolute atomic E-state index is 12.8. The lowest BCUT2D eigenvalue weighted by Gasteiger charge is -2.40. The van der Waals surface area contributed by atoms with Crippen molar-refractivity contribution in [3.05, 3.63) is 59.7 Å². The lowest BCUT2D eigenvalue weighted by atomic mass is 9.78. The van der Waals surface area contributed by atoms with Gasteiger partial charge in [0.15, 0.2) is 0 Å². The molecule has 2 saturated carbocycles. The molecule has 2 atom stereocenters. The molecule has 2 unspecified atom stereocenters. The Morgan fingerprint density at radius 1 is 1.00 bits per heavy atom. The van der Waals surface area contributed by atoms with E-state index in [9.17, 15) is 9.59 Å². The number of amides is 2. The molecule has 2 aromatic rings. The van der Waals surface area contributed by atoms with E-state index in [1.165, 1.54) is 6.33 Å². The summed E-state index contributed by atoms with van der Waals surface area (Å²) in [5.74, 6) is -0.196. The lowest BCUT2D eigenvalue weighted by Crippen LogP contribution is -2.55. The summed E-state index contributed by atoms with van der Waals surface area (Å²) in [5.41, 5.74) is 1.64. The van der Waals surface area contributed by atoms with Crippen molar-refractivity contribution in [2.45, 2.75) is 56.5 Å². The van der Waals surface area contributed by atoms with E-state index in [1.807, 2.05) is 31.2 Å². The first-order valence-electron chi connectivity index (χ1n) is 9.47. The molecule has 1 heterocycles. The Bertz CT molecular complexity index is 869. The molecule has 1 aromatic carbocycles. The first kappa shape index (κ1) is 17.6. The zero-order chi connectivity index (χ0) is 18.9. The maximum Gasteiger partial charge on any atom is 0.270 e. The van der Waals surface area contributed by atoms with Crippen molar-refractivity contribution in [1.82, 2.24) is 20.6 Å². The first-order valence-corrected chi connectivity index (χ1v) is 9.47. The van der Waals surface area contributed by atoms with Crippen LogP contribution in [0.25, 0.3) is 0 Å². The SMILES string of the molecule is Cc1cccc(C(=O)NC23CCCC(NC(=O)c4ccncn4)(CC2)C3)c1. The highest BCUT2D eigenvalue weighted by Gasteiger charge is 2.52. The van der Waals surface area contributed by atoms with Crippen molar-refractivity contribution < 1.29 is 9.59 Å². The quantitative estimate of drug-likeness (QED) is 0.874. The van der Waals surface area contributed by atoms with Crippen LogP contribution in [0.1, 0.15) is 64.9 Å². The largest absolute Gasteiger partial charge is 0.347 e. The van der Waals surface area contributed by atoms with Crippen molar-refractivity contribution in [3.63, 3.8) is 0 Å². The van der Waals surface area contributed by atoms with Crippen molar-refractivity contribution in [2.75, 3.05) is 0 Å². The van der Waals surface area contributed by atoms with Crippen LogP contribution in [0.15, 0.2) is 42.9 Å². The fourth-order valence-electron chi connectivity index (χ4n) is 4.66.